The molecule has 1 N–H and O–H groups in total. The summed E-state index contributed by atoms with van der Waals surface area (Å²) in [5, 5.41) is 12.3. The van der Waals surface area contributed by atoms with E-state index >= 15 is 0 Å². The lowest BCUT2D eigenvalue weighted by atomic mass is 10.0. The summed E-state index contributed by atoms with van der Waals surface area (Å²) in [7, 11) is 3.15. The van der Waals surface area contributed by atoms with Gasteiger partial charge >= 0.3 is 6.18 Å². The fourth-order valence-electron chi connectivity index (χ4n) is 3.50. The van der Waals surface area contributed by atoms with Crippen molar-refractivity contribution in [3.05, 3.63) is 47.5 Å². The normalized spacial score (nSPS) is 15.0. The van der Waals surface area contributed by atoms with E-state index in [1.807, 2.05) is 12.1 Å². The fourth-order valence-corrected chi connectivity index (χ4v) is 3.50. The number of hydrogen-bond acceptors (Lipinski definition) is 5. The third-order valence-electron chi connectivity index (χ3n) is 4.99. The zero-order valence-electron chi connectivity index (χ0n) is 16.2. The molecule has 0 unspecified atom stereocenters. The van der Waals surface area contributed by atoms with Crippen molar-refractivity contribution in [2.24, 2.45) is 0 Å². The van der Waals surface area contributed by atoms with Gasteiger partial charge in [0.2, 0.25) is 0 Å². The molecule has 0 bridgehead atoms. The molecule has 1 fully saturated rings. The fraction of sp³-hybridized carbons (Fsp3) is 0.381. The summed E-state index contributed by atoms with van der Waals surface area (Å²) in [6.45, 7) is 0.960. The van der Waals surface area contributed by atoms with Gasteiger partial charge in [-0.15, -0.1) is 0 Å². The van der Waals surface area contributed by atoms with Crippen molar-refractivity contribution in [3.8, 4) is 17.6 Å². The third-order valence-corrected chi connectivity index (χ3v) is 4.99. The molecule has 2 aromatic carbocycles. The minimum Gasteiger partial charge on any atom is -0.497 e. The van der Waals surface area contributed by atoms with Crippen LogP contribution in [0.15, 0.2) is 36.4 Å². The average molecular weight is 405 g/mol. The van der Waals surface area contributed by atoms with Gasteiger partial charge in [0.05, 0.1) is 31.4 Å². The Bertz CT molecular complexity index is 879. The highest BCUT2D eigenvalue weighted by atomic mass is 19.4. The van der Waals surface area contributed by atoms with Crippen molar-refractivity contribution in [3.63, 3.8) is 0 Å². The Morgan fingerprint density at radius 2 is 1.66 bits per heavy atom. The van der Waals surface area contributed by atoms with Gasteiger partial charge in [0.25, 0.3) is 0 Å². The molecule has 5 nitrogen and oxygen atoms in total. The van der Waals surface area contributed by atoms with E-state index in [4.69, 9.17) is 14.7 Å². The van der Waals surface area contributed by atoms with E-state index < -0.39 is 11.7 Å². The quantitative estimate of drug-likeness (QED) is 0.783. The standard InChI is InChI=1S/C21H22F3N3O2/c1-28-17-10-16(11-18(12-17)29-2)26-15-5-7-27(8-6-15)20-4-3-14(13-25)9-19(20)21(22,23)24/h3-4,9-12,15,26H,5-8H2,1-2H3. The molecule has 0 aliphatic carbocycles. The molecule has 0 spiro atoms. The number of nitrogens with zero attached hydrogens (tertiary/aromatic N) is 2. The molecule has 8 heteroatoms. The van der Waals surface area contributed by atoms with E-state index in [9.17, 15) is 13.2 Å². The molecule has 0 amide bonds. The lowest BCUT2D eigenvalue weighted by Crippen LogP contribution is -2.40. The summed E-state index contributed by atoms with van der Waals surface area (Å²) in [6, 6.07) is 11.1. The van der Waals surface area contributed by atoms with Crippen molar-refractivity contribution in [2.75, 3.05) is 37.5 Å². The van der Waals surface area contributed by atoms with Gasteiger partial charge in [0.15, 0.2) is 0 Å². The van der Waals surface area contributed by atoms with Crippen molar-refractivity contribution in [2.45, 2.75) is 25.1 Å². The first-order valence-corrected chi connectivity index (χ1v) is 9.20. The molecule has 0 radical (unpaired) electrons. The van der Waals surface area contributed by atoms with E-state index in [0.29, 0.717) is 37.4 Å². The van der Waals surface area contributed by atoms with Crippen LogP contribution < -0.4 is 19.7 Å². The highest BCUT2D eigenvalue weighted by Gasteiger charge is 2.36. The number of benzene rings is 2. The molecule has 29 heavy (non-hydrogen) atoms. The van der Waals surface area contributed by atoms with Crippen molar-refractivity contribution < 1.29 is 22.6 Å². The van der Waals surface area contributed by atoms with Gasteiger partial charge in [-0.25, -0.2) is 0 Å². The Morgan fingerprint density at radius 1 is 1.03 bits per heavy atom. The Labute approximate surface area is 167 Å². The largest absolute Gasteiger partial charge is 0.497 e. The zero-order valence-corrected chi connectivity index (χ0v) is 16.2. The summed E-state index contributed by atoms with van der Waals surface area (Å²) in [6.07, 6.45) is -3.15. The molecule has 1 saturated heterocycles. The second-order valence-electron chi connectivity index (χ2n) is 6.85. The van der Waals surface area contributed by atoms with Crippen LogP contribution >= 0.6 is 0 Å². The first-order valence-electron chi connectivity index (χ1n) is 9.20. The number of rotatable bonds is 5. The van der Waals surface area contributed by atoms with Gasteiger partial charge in [-0.05, 0) is 31.0 Å². The highest BCUT2D eigenvalue weighted by molar-refractivity contribution is 5.59. The number of nitriles is 1. The maximum Gasteiger partial charge on any atom is 0.418 e. The Kier molecular flexibility index (Phi) is 6.06. The van der Waals surface area contributed by atoms with Crippen LogP contribution in [-0.4, -0.2) is 33.4 Å². The van der Waals surface area contributed by atoms with Crippen LogP contribution in [0.25, 0.3) is 0 Å². The molecular weight excluding hydrogens is 383 g/mol. The smallest absolute Gasteiger partial charge is 0.418 e. The van der Waals surface area contributed by atoms with Gasteiger partial charge in [0, 0.05) is 48.7 Å². The Hall–Kier alpha value is -3.08. The van der Waals surface area contributed by atoms with Crippen molar-refractivity contribution in [1.29, 1.82) is 5.26 Å². The molecule has 154 valence electrons. The van der Waals surface area contributed by atoms with Gasteiger partial charge < -0.3 is 19.7 Å². The first kappa shape index (κ1) is 20.6. The maximum atomic E-state index is 13.5. The van der Waals surface area contributed by atoms with E-state index in [-0.39, 0.29) is 17.3 Å². The van der Waals surface area contributed by atoms with Crippen LogP contribution in [0.4, 0.5) is 24.5 Å². The predicted molar refractivity (Wildman–Crippen MR) is 105 cm³/mol. The topological polar surface area (TPSA) is 57.5 Å². The maximum absolute atomic E-state index is 13.5. The number of anilines is 2. The molecule has 0 saturated carbocycles. The number of nitrogens with one attached hydrogen (secondary N) is 1. The SMILES string of the molecule is COc1cc(NC2CCN(c3ccc(C#N)cc3C(F)(F)F)CC2)cc(OC)c1. The second kappa shape index (κ2) is 8.52. The van der Waals surface area contributed by atoms with Crippen molar-refractivity contribution in [1.82, 2.24) is 0 Å². The molecule has 1 aliphatic heterocycles. The van der Waals surface area contributed by atoms with E-state index in [1.165, 1.54) is 12.1 Å². The summed E-state index contributed by atoms with van der Waals surface area (Å²) >= 11 is 0. The average Bonchev–Trinajstić information content (AvgIpc) is 2.73. The van der Waals surface area contributed by atoms with E-state index in [0.717, 1.165) is 11.8 Å². The minimum absolute atomic E-state index is 0.00426. The Balaban J connectivity index is 1.71. The highest BCUT2D eigenvalue weighted by Crippen LogP contribution is 2.38. The van der Waals surface area contributed by atoms with Crippen LogP contribution in [0.3, 0.4) is 0 Å². The number of piperidine rings is 1. The summed E-state index contributed by atoms with van der Waals surface area (Å²) < 4.78 is 50.9. The monoisotopic (exact) mass is 405 g/mol. The molecule has 2 aromatic rings. The zero-order chi connectivity index (χ0) is 21.0. The molecular formula is C21H22F3N3O2. The summed E-state index contributed by atoms with van der Waals surface area (Å²) in [4.78, 5) is 1.73. The first-order chi connectivity index (χ1) is 13.8. The van der Waals surface area contributed by atoms with Gasteiger partial charge in [-0.1, -0.05) is 0 Å². The lowest BCUT2D eigenvalue weighted by Gasteiger charge is -2.35. The lowest BCUT2D eigenvalue weighted by molar-refractivity contribution is -0.137. The minimum atomic E-state index is -4.51. The van der Waals surface area contributed by atoms with Gasteiger partial charge in [0.1, 0.15) is 11.5 Å². The van der Waals surface area contributed by atoms with Gasteiger partial charge in [-0.2, -0.15) is 18.4 Å². The van der Waals surface area contributed by atoms with Crippen LogP contribution in [0.5, 0.6) is 11.5 Å². The predicted octanol–water partition coefficient (Wildman–Crippen LogP) is 4.68. The molecule has 1 aliphatic rings. The molecule has 0 atom stereocenters. The number of ether oxygens (including phenoxy) is 2. The van der Waals surface area contributed by atoms with Crippen LogP contribution in [-0.2, 0) is 6.18 Å². The number of methoxy groups -OCH3 is 2. The molecule has 1 heterocycles. The Morgan fingerprint density at radius 3 is 2.17 bits per heavy atom. The summed E-state index contributed by atoms with van der Waals surface area (Å²) in [5.74, 6) is 1.33. The van der Waals surface area contributed by atoms with Crippen LogP contribution in [0.2, 0.25) is 0 Å². The molecule has 0 aromatic heterocycles. The van der Waals surface area contributed by atoms with E-state index in [1.54, 1.807) is 31.3 Å². The van der Waals surface area contributed by atoms with E-state index in [2.05, 4.69) is 5.32 Å². The van der Waals surface area contributed by atoms with Crippen LogP contribution in [0, 0.1) is 11.3 Å². The third kappa shape index (κ3) is 4.86. The van der Waals surface area contributed by atoms with Crippen LogP contribution in [0.1, 0.15) is 24.0 Å². The van der Waals surface area contributed by atoms with Crippen molar-refractivity contribution >= 4 is 11.4 Å². The second-order valence-corrected chi connectivity index (χ2v) is 6.85. The number of alkyl halides is 3. The molecule has 3 rings (SSSR count). The van der Waals surface area contributed by atoms with Gasteiger partial charge in [-0.3, -0.25) is 0 Å². The summed E-state index contributed by atoms with van der Waals surface area (Å²) in [5.41, 5.74) is 0.206. The number of hydrogen-bond donors (Lipinski definition) is 1. The number of halogens is 3.